The number of carbonyl (C=O) groups excluding carboxylic acids is 1. The van der Waals surface area contributed by atoms with Crippen LogP contribution >= 0.6 is 27.3 Å². The number of H-pyrrole nitrogens is 1. The van der Waals surface area contributed by atoms with Gasteiger partial charge in [0, 0.05) is 5.69 Å². The van der Waals surface area contributed by atoms with Gasteiger partial charge in [-0.15, -0.1) is 11.3 Å². The fourth-order valence-electron chi connectivity index (χ4n) is 1.29. The normalized spacial score (nSPS) is 11.6. The smallest absolute Gasteiger partial charge is 0.282 e. The number of aromatic amines is 1. The average Bonchev–Trinajstić information content (AvgIpc) is 2.94. The molecule has 2 aromatic heterocycles. The molecule has 7 heteroatoms. The summed E-state index contributed by atoms with van der Waals surface area (Å²) in [6.45, 7) is 3.68. The van der Waals surface area contributed by atoms with Crippen molar-refractivity contribution >= 4 is 38.9 Å². The number of aryl methyl sites for hydroxylation is 1. The molecule has 0 bridgehead atoms. The number of aromatic nitrogens is 2. The van der Waals surface area contributed by atoms with E-state index in [-0.39, 0.29) is 5.91 Å². The monoisotopic (exact) mass is 326 g/mol. The highest BCUT2D eigenvalue weighted by atomic mass is 79.9. The number of thiophene rings is 1. The fraction of sp³-hybridized carbons (Fsp3) is 0.182. The van der Waals surface area contributed by atoms with Crippen LogP contribution in [0.3, 0.4) is 0 Å². The summed E-state index contributed by atoms with van der Waals surface area (Å²) in [5, 5.41) is 10.6. The molecule has 18 heavy (non-hydrogen) atoms. The molecule has 2 aromatic rings. The van der Waals surface area contributed by atoms with E-state index in [9.17, 15) is 4.79 Å². The molecule has 0 radical (unpaired) electrons. The molecule has 0 fully saturated rings. The van der Waals surface area contributed by atoms with E-state index in [1.165, 1.54) is 0 Å². The lowest BCUT2D eigenvalue weighted by Gasteiger charge is -1.98. The van der Waals surface area contributed by atoms with Gasteiger partial charge in [0.2, 0.25) is 0 Å². The number of hydrogen-bond acceptors (Lipinski definition) is 4. The zero-order valence-electron chi connectivity index (χ0n) is 9.82. The zero-order valence-corrected chi connectivity index (χ0v) is 12.2. The fourth-order valence-corrected chi connectivity index (χ4v) is 2.62. The quantitative estimate of drug-likeness (QED) is 0.672. The maximum absolute atomic E-state index is 11.7. The van der Waals surface area contributed by atoms with Crippen LogP contribution in [-0.2, 0) is 0 Å². The van der Waals surface area contributed by atoms with Crippen LogP contribution in [0.5, 0.6) is 0 Å². The Morgan fingerprint density at radius 1 is 1.56 bits per heavy atom. The Balaban J connectivity index is 2.04. The molecule has 5 nitrogen and oxygen atoms in total. The molecular formula is C11H11BrN4OS. The van der Waals surface area contributed by atoms with Crippen molar-refractivity contribution in [2.75, 3.05) is 0 Å². The number of carbonyl (C=O) groups is 1. The molecule has 0 aliphatic carbocycles. The first kappa shape index (κ1) is 13.0. The van der Waals surface area contributed by atoms with Crippen LogP contribution in [0.15, 0.2) is 27.1 Å². The molecule has 0 aliphatic rings. The highest BCUT2D eigenvalue weighted by Crippen LogP contribution is 2.22. The second-order valence-electron chi connectivity index (χ2n) is 3.68. The van der Waals surface area contributed by atoms with Crippen molar-refractivity contribution < 1.29 is 4.79 Å². The standard InChI is InChI=1S/C11H11BrN4OS/c1-6-5-8(15-13-6)11(17)16-14-7(2)9-3-4-10(12)18-9/h3-5H,1-2H3,(H,13,15)(H,16,17)/b14-7+. The summed E-state index contributed by atoms with van der Waals surface area (Å²) in [4.78, 5) is 12.7. The van der Waals surface area contributed by atoms with Gasteiger partial charge >= 0.3 is 0 Å². The Bertz CT molecular complexity index is 602. The number of nitrogens with zero attached hydrogens (tertiary/aromatic N) is 2. The highest BCUT2D eigenvalue weighted by Gasteiger charge is 2.08. The summed E-state index contributed by atoms with van der Waals surface area (Å²) >= 11 is 4.94. The van der Waals surface area contributed by atoms with Gasteiger partial charge in [-0.05, 0) is 48.0 Å². The Hall–Kier alpha value is -1.47. The van der Waals surface area contributed by atoms with Gasteiger partial charge in [-0.2, -0.15) is 10.2 Å². The van der Waals surface area contributed by atoms with E-state index in [4.69, 9.17) is 0 Å². The average molecular weight is 327 g/mol. The SMILES string of the molecule is C/C(=N\NC(=O)c1cc(C)[nH]n1)c1ccc(Br)s1. The molecule has 0 saturated carbocycles. The van der Waals surface area contributed by atoms with Crippen LogP contribution in [0.4, 0.5) is 0 Å². The largest absolute Gasteiger partial charge is 0.291 e. The van der Waals surface area contributed by atoms with E-state index in [1.54, 1.807) is 17.4 Å². The molecule has 94 valence electrons. The number of rotatable bonds is 3. The molecule has 0 aromatic carbocycles. The van der Waals surface area contributed by atoms with Crippen molar-refractivity contribution in [2.45, 2.75) is 13.8 Å². The van der Waals surface area contributed by atoms with E-state index in [1.807, 2.05) is 26.0 Å². The van der Waals surface area contributed by atoms with Gasteiger partial charge in [-0.3, -0.25) is 9.89 Å². The van der Waals surface area contributed by atoms with Crippen molar-refractivity contribution in [3.05, 3.63) is 38.3 Å². The van der Waals surface area contributed by atoms with Gasteiger partial charge in [-0.25, -0.2) is 5.43 Å². The molecule has 1 amide bonds. The van der Waals surface area contributed by atoms with Crippen LogP contribution in [0.2, 0.25) is 0 Å². The summed E-state index contributed by atoms with van der Waals surface area (Å²) in [5.41, 5.74) is 4.40. The van der Waals surface area contributed by atoms with Crippen LogP contribution in [-0.4, -0.2) is 21.8 Å². The number of halogens is 1. The second kappa shape index (κ2) is 5.45. The molecule has 0 aliphatic heterocycles. The van der Waals surface area contributed by atoms with Crippen LogP contribution in [0, 0.1) is 6.92 Å². The zero-order chi connectivity index (χ0) is 13.1. The van der Waals surface area contributed by atoms with Gasteiger partial charge in [0.05, 0.1) is 14.4 Å². The number of nitrogens with one attached hydrogen (secondary N) is 2. The summed E-state index contributed by atoms with van der Waals surface area (Å²) in [6, 6.07) is 5.55. The number of amides is 1. The summed E-state index contributed by atoms with van der Waals surface area (Å²) in [6.07, 6.45) is 0. The Morgan fingerprint density at radius 2 is 2.33 bits per heavy atom. The van der Waals surface area contributed by atoms with Gasteiger partial charge in [0.15, 0.2) is 5.69 Å². The lowest BCUT2D eigenvalue weighted by molar-refractivity contribution is 0.0950. The lowest BCUT2D eigenvalue weighted by Crippen LogP contribution is -2.19. The molecular weight excluding hydrogens is 316 g/mol. The van der Waals surface area contributed by atoms with E-state index in [0.29, 0.717) is 5.69 Å². The molecule has 2 heterocycles. The molecule has 0 atom stereocenters. The predicted octanol–water partition coefficient (Wildman–Crippen LogP) is 2.70. The topological polar surface area (TPSA) is 70.1 Å². The van der Waals surface area contributed by atoms with Crippen molar-refractivity contribution in [1.29, 1.82) is 0 Å². The molecule has 0 saturated heterocycles. The third-order valence-corrected chi connectivity index (χ3v) is 3.93. The minimum atomic E-state index is -0.325. The summed E-state index contributed by atoms with van der Waals surface area (Å²) in [5.74, 6) is -0.325. The van der Waals surface area contributed by atoms with Crippen molar-refractivity contribution in [2.24, 2.45) is 5.10 Å². The van der Waals surface area contributed by atoms with Gasteiger partial charge in [-0.1, -0.05) is 0 Å². The Kier molecular flexibility index (Phi) is 3.93. The molecule has 2 rings (SSSR count). The second-order valence-corrected chi connectivity index (χ2v) is 6.14. The van der Waals surface area contributed by atoms with Crippen molar-refractivity contribution in [3.63, 3.8) is 0 Å². The van der Waals surface area contributed by atoms with Crippen molar-refractivity contribution in [1.82, 2.24) is 15.6 Å². The third kappa shape index (κ3) is 3.05. The van der Waals surface area contributed by atoms with E-state index in [2.05, 4.69) is 36.7 Å². The number of hydrazone groups is 1. The van der Waals surface area contributed by atoms with E-state index < -0.39 is 0 Å². The maximum Gasteiger partial charge on any atom is 0.291 e. The molecule has 0 spiro atoms. The van der Waals surface area contributed by atoms with Crippen LogP contribution in [0.25, 0.3) is 0 Å². The Labute approximate surface area is 116 Å². The first-order valence-electron chi connectivity index (χ1n) is 5.18. The highest BCUT2D eigenvalue weighted by molar-refractivity contribution is 9.11. The molecule has 0 unspecified atom stereocenters. The van der Waals surface area contributed by atoms with Crippen molar-refractivity contribution in [3.8, 4) is 0 Å². The molecule has 2 N–H and O–H groups in total. The minimum absolute atomic E-state index is 0.325. The number of hydrogen-bond donors (Lipinski definition) is 2. The maximum atomic E-state index is 11.7. The first-order chi connectivity index (χ1) is 8.56. The van der Waals surface area contributed by atoms with E-state index in [0.717, 1.165) is 20.1 Å². The van der Waals surface area contributed by atoms with Crippen LogP contribution in [0.1, 0.15) is 28.0 Å². The van der Waals surface area contributed by atoms with E-state index >= 15 is 0 Å². The van der Waals surface area contributed by atoms with Crippen LogP contribution < -0.4 is 5.43 Å². The third-order valence-electron chi connectivity index (χ3n) is 2.19. The van der Waals surface area contributed by atoms with Gasteiger partial charge in [0.25, 0.3) is 5.91 Å². The first-order valence-corrected chi connectivity index (χ1v) is 6.79. The minimum Gasteiger partial charge on any atom is -0.282 e. The Morgan fingerprint density at radius 3 is 2.89 bits per heavy atom. The van der Waals surface area contributed by atoms with Gasteiger partial charge < -0.3 is 0 Å². The summed E-state index contributed by atoms with van der Waals surface area (Å²) in [7, 11) is 0. The summed E-state index contributed by atoms with van der Waals surface area (Å²) < 4.78 is 1.03. The lowest BCUT2D eigenvalue weighted by atomic mass is 10.3. The predicted molar refractivity (Wildman–Crippen MR) is 75.0 cm³/mol. The van der Waals surface area contributed by atoms with Gasteiger partial charge in [0.1, 0.15) is 0 Å².